The van der Waals surface area contributed by atoms with Crippen molar-refractivity contribution in [2.24, 2.45) is 0 Å². The number of rotatable bonds is 5. The highest BCUT2D eigenvalue weighted by atomic mass is 35.5. The number of urea groups is 1. The maximum absolute atomic E-state index is 12.0. The van der Waals surface area contributed by atoms with Crippen molar-refractivity contribution in [3.8, 4) is 0 Å². The number of aliphatic hydroxyl groups is 1. The first-order chi connectivity index (χ1) is 8.54. The molecule has 0 radical (unpaired) electrons. The van der Waals surface area contributed by atoms with E-state index < -0.39 is 0 Å². The van der Waals surface area contributed by atoms with Crippen LogP contribution in [0.15, 0.2) is 24.3 Å². The molecule has 5 heteroatoms. The van der Waals surface area contributed by atoms with Crippen LogP contribution in [0.4, 0.5) is 10.5 Å². The molecule has 0 saturated carbocycles. The van der Waals surface area contributed by atoms with E-state index in [4.69, 9.17) is 16.7 Å². The quantitative estimate of drug-likeness (QED) is 0.864. The molecule has 2 N–H and O–H groups in total. The molecule has 1 aromatic rings. The lowest BCUT2D eigenvalue weighted by molar-refractivity contribution is 0.186. The standard InChI is InChI=1S/C13H19ClN2O2/c1-10(2)16(8-3-9-17)13(18)15-12-6-4-11(14)5-7-12/h4-7,10,17H,3,8-9H2,1-2H3,(H,15,18). The van der Waals surface area contributed by atoms with Crippen LogP contribution in [0.3, 0.4) is 0 Å². The number of carbonyl (C=O) groups excluding carboxylic acids is 1. The molecule has 0 atom stereocenters. The van der Waals surface area contributed by atoms with E-state index in [1.807, 2.05) is 13.8 Å². The van der Waals surface area contributed by atoms with Crippen molar-refractivity contribution in [1.29, 1.82) is 0 Å². The Labute approximate surface area is 113 Å². The van der Waals surface area contributed by atoms with Crippen LogP contribution in [-0.2, 0) is 0 Å². The van der Waals surface area contributed by atoms with Gasteiger partial charge in [0.15, 0.2) is 0 Å². The lowest BCUT2D eigenvalue weighted by Gasteiger charge is -2.26. The summed E-state index contributed by atoms with van der Waals surface area (Å²) in [5, 5.41) is 12.3. The van der Waals surface area contributed by atoms with Gasteiger partial charge < -0.3 is 15.3 Å². The number of amides is 2. The normalized spacial score (nSPS) is 10.5. The van der Waals surface area contributed by atoms with E-state index in [0.717, 1.165) is 0 Å². The molecule has 100 valence electrons. The van der Waals surface area contributed by atoms with Crippen LogP contribution in [0.25, 0.3) is 0 Å². The van der Waals surface area contributed by atoms with Gasteiger partial charge in [-0.3, -0.25) is 0 Å². The first-order valence-corrected chi connectivity index (χ1v) is 6.36. The van der Waals surface area contributed by atoms with Crippen molar-refractivity contribution < 1.29 is 9.90 Å². The summed E-state index contributed by atoms with van der Waals surface area (Å²) in [4.78, 5) is 13.7. The van der Waals surface area contributed by atoms with Gasteiger partial charge in [0.2, 0.25) is 0 Å². The van der Waals surface area contributed by atoms with Crippen LogP contribution in [0, 0.1) is 0 Å². The fourth-order valence-electron chi connectivity index (χ4n) is 1.56. The Kier molecular flexibility index (Phi) is 5.95. The number of hydrogen-bond acceptors (Lipinski definition) is 2. The Morgan fingerprint density at radius 3 is 2.50 bits per heavy atom. The lowest BCUT2D eigenvalue weighted by Crippen LogP contribution is -2.40. The molecule has 0 aliphatic rings. The van der Waals surface area contributed by atoms with Crippen molar-refractivity contribution in [3.63, 3.8) is 0 Å². The molecule has 0 spiro atoms. The summed E-state index contributed by atoms with van der Waals surface area (Å²) in [7, 11) is 0. The van der Waals surface area contributed by atoms with Crippen molar-refractivity contribution in [2.75, 3.05) is 18.5 Å². The number of aliphatic hydroxyl groups excluding tert-OH is 1. The highest BCUT2D eigenvalue weighted by molar-refractivity contribution is 6.30. The van der Waals surface area contributed by atoms with Gasteiger partial charge in [-0.2, -0.15) is 0 Å². The van der Waals surface area contributed by atoms with E-state index in [1.54, 1.807) is 29.2 Å². The second-order valence-electron chi connectivity index (χ2n) is 4.30. The van der Waals surface area contributed by atoms with Crippen LogP contribution in [0.2, 0.25) is 5.02 Å². The smallest absolute Gasteiger partial charge is 0.322 e. The number of benzene rings is 1. The summed E-state index contributed by atoms with van der Waals surface area (Å²) in [6.07, 6.45) is 0.576. The molecule has 1 rings (SSSR count). The molecule has 0 aliphatic heterocycles. The zero-order chi connectivity index (χ0) is 13.5. The van der Waals surface area contributed by atoms with Crippen molar-refractivity contribution in [2.45, 2.75) is 26.3 Å². The summed E-state index contributed by atoms with van der Waals surface area (Å²) in [6.45, 7) is 4.50. The summed E-state index contributed by atoms with van der Waals surface area (Å²) in [5.74, 6) is 0. The molecule has 0 bridgehead atoms. The van der Waals surface area contributed by atoms with Gasteiger partial charge >= 0.3 is 6.03 Å². The molecule has 0 aromatic heterocycles. The molecular formula is C13H19ClN2O2. The van der Waals surface area contributed by atoms with E-state index in [9.17, 15) is 4.79 Å². The van der Waals surface area contributed by atoms with Crippen LogP contribution in [0.1, 0.15) is 20.3 Å². The Bertz CT molecular complexity index is 379. The van der Waals surface area contributed by atoms with Gasteiger partial charge in [-0.25, -0.2) is 4.79 Å². The molecule has 0 unspecified atom stereocenters. The minimum atomic E-state index is -0.166. The second kappa shape index (κ2) is 7.24. The van der Waals surface area contributed by atoms with E-state index in [-0.39, 0.29) is 18.7 Å². The lowest BCUT2D eigenvalue weighted by atomic mass is 10.3. The zero-order valence-electron chi connectivity index (χ0n) is 10.7. The number of nitrogens with one attached hydrogen (secondary N) is 1. The van der Waals surface area contributed by atoms with Crippen LogP contribution in [0.5, 0.6) is 0 Å². The van der Waals surface area contributed by atoms with Crippen LogP contribution >= 0.6 is 11.6 Å². The third-order valence-electron chi connectivity index (χ3n) is 2.54. The fraction of sp³-hybridized carbons (Fsp3) is 0.462. The Morgan fingerprint density at radius 2 is 2.00 bits per heavy atom. The maximum Gasteiger partial charge on any atom is 0.322 e. The van der Waals surface area contributed by atoms with E-state index in [0.29, 0.717) is 23.7 Å². The van der Waals surface area contributed by atoms with Gasteiger partial charge in [-0.05, 0) is 44.5 Å². The van der Waals surface area contributed by atoms with Crippen molar-refractivity contribution in [1.82, 2.24) is 4.90 Å². The van der Waals surface area contributed by atoms with Gasteiger partial charge in [0.25, 0.3) is 0 Å². The summed E-state index contributed by atoms with van der Waals surface area (Å²) < 4.78 is 0. The van der Waals surface area contributed by atoms with Gasteiger partial charge in [0.1, 0.15) is 0 Å². The third-order valence-corrected chi connectivity index (χ3v) is 2.79. The second-order valence-corrected chi connectivity index (χ2v) is 4.74. The Morgan fingerprint density at radius 1 is 1.39 bits per heavy atom. The molecule has 0 fully saturated rings. The number of halogens is 1. The highest BCUT2D eigenvalue weighted by Gasteiger charge is 2.16. The van der Waals surface area contributed by atoms with Gasteiger partial charge in [-0.1, -0.05) is 11.6 Å². The SMILES string of the molecule is CC(C)N(CCCO)C(=O)Nc1ccc(Cl)cc1. The van der Waals surface area contributed by atoms with E-state index >= 15 is 0 Å². The van der Waals surface area contributed by atoms with Crippen LogP contribution in [-0.4, -0.2) is 35.2 Å². The minimum Gasteiger partial charge on any atom is -0.396 e. The Balaban J connectivity index is 2.63. The molecule has 4 nitrogen and oxygen atoms in total. The predicted octanol–water partition coefficient (Wildman–Crippen LogP) is 2.96. The molecule has 0 heterocycles. The average molecular weight is 271 g/mol. The van der Waals surface area contributed by atoms with Gasteiger partial charge in [-0.15, -0.1) is 0 Å². The minimum absolute atomic E-state index is 0.0808. The van der Waals surface area contributed by atoms with Gasteiger partial charge in [0, 0.05) is 29.9 Å². The molecule has 0 saturated heterocycles. The molecule has 1 aromatic carbocycles. The number of anilines is 1. The first kappa shape index (κ1) is 14.8. The summed E-state index contributed by atoms with van der Waals surface area (Å²) >= 11 is 5.78. The predicted molar refractivity (Wildman–Crippen MR) is 74.0 cm³/mol. The fourth-order valence-corrected chi connectivity index (χ4v) is 1.69. The topological polar surface area (TPSA) is 52.6 Å². The summed E-state index contributed by atoms with van der Waals surface area (Å²) in [6, 6.07) is 6.88. The zero-order valence-corrected chi connectivity index (χ0v) is 11.4. The average Bonchev–Trinajstić information content (AvgIpc) is 2.32. The van der Waals surface area contributed by atoms with E-state index in [1.165, 1.54) is 0 Å². The van der Waals surface area contributed by atoms with Crippen molar-refractivity contribution in [3.05, 3.63) is 29.3 Å². The van der Waals surface area contributed by atoms with Crippen LogP contribution < -0.4 is 5.32 Å². The Hall–Kier alpha value is -1.26. The van der Waals surface area contributed by atoms with E-state index in [2.05, 4.69) is 5.32 Å². The number of nitrogens with zero attached hydrogens (tertiary/aromatic N) is 1. The molecule has 2 amide bonds. The molecule has 18 heavy (non-hydrogen) atoms. The summed E-state index contributed by atoms with van der Waals surface area (Å²) in [5.41, 5.74) is 0.707. The molecular weight excluding hydrogens is 252 g/mol. The first-order valence-electron chi connectivity index (χ1n) is 5.98. The van der Waals surface area contributed by atoms with Crippen molar-refractivity contribution >= 4 is 23.3 Å². The number of hydrogen-bond donors (Lipinski definition) is 2. The number of carbonyl (C=O) groups is 1. The maximum atomic E-state index is 12.0. The monoisotopic (exact) mass is 270 g/mol. The third kappa shape index (κ3) is 4.55. The molecule has 0 aliphatic carbocycles. The highest BCUT2D eigenvalue weighted by Crippen LogP contribution is 2.14. The largest absolute Gasteiger partial charge is 0.396 e. The van der Waals surface area contributed by atoms with Gasteiger partial charge in [0.05, 0.1) is 0 Å².